The molecule has 1 N–H and O–H groups in total. The van der Waals surface area contributed by atoms with Crippen molar-refractivity contribution in [1.29, 1.82) is 5.26 Å². The van der Waals surface area contributed by atoms with E-state index in [2.05, 4.69) is 28.1 Å². The minimum atomic E-state index is -0.313. The zero-order valence-corrected chi connectivity index (χ0v) is 13.2. The van der Waals surface area contributed by atoms with Crippen LogP contribution in [-0.2, 0) is 0 Å². The third-order valence-corrected chi connectivity index (χ3v) is 5.30. The SMILES string of the molecule is CCC(C#N)(CCCN1CCN2CCCCC2C1)NC. The largest absolute Gasteiger partial charge is 0.302 e. The Bertz CT molecular complexity index is 332. The van der Waals surface area contributed by atoms with Gasteiger partial charge in [0, 0.05) is 25.7 Å². The van der Waals surface area contributed by atoms with Crippen molar-refractivity contribution >= 4 is 0 Å². The van der Waals surface area contributed by atoms with Gasteiger partial charge in [0.05, 0.1) is 6.07 Å². The fourth-order valence-electron chi connectivity index (χ4n) is 3.70. The van der Waals surface area contributed by atoms with Crippen molar-refractivity contribution in [3.05, 3.63) is 0 Å². The first kappa shape index (κ1) is 15.8. The van der Waals surface area contributed by atoms with Crippen LogP contribution in [0.5, 0.6) is 0 Å². The molecule has 0 bridgehead atoms. The molecule has 2 fully saturated rings. The molecule has 0 aliphatic carbocycles. The molecule has 0 saturated carbocycles. The lowest BCUT2D eigenvalue weighted by Crippen LogP contribution is -2.55. The number of rotatable bonds is 6. The molecular formula is C16H30N4. The Morgan fingerprint density at radius 2 is 2.15 bits per heavy atom. The van der Waals surface area contributed by atoms with Crippen LogP contribution in [0.3, 0.4) is 0 Å². The van der Waals surface area contributed by atoms with Crippen LogP contribution in [0.2, 0.25) is 0 Å². The Kier molecular flexibility index (Phi) is 5.83. The summed E-state index contributed by atoms with van der Waals surface area (Å²) in [4.78, 5) is 5.29. The molecule has 20 heavy (non-hydrogen) atoms. The summed E-state index contributed by atoms with van der Waals surface area (Å²) >= 11 is 0. The molecule has 2 aliphatic heterocycles. The summed E-state index contributed by atoms with van der Waals surface area (Å²) in [6, 6.07) is 3.26. The molecule has 0 aromatic carbocycles. The second-order valence-electron chi connectivity index (χ2n) is 6.39. The van der Waals surface area contributed by atoms with E-state index in [1.54, 1.807) is 0 Å². The van der Waals surface area contributed by atoms with Gasteiger partial charge in [0.1, 0.15) is 5.54 Å². The second kappa shape index (κ2) is 7.40. The number of piperazine rings is 1. The minimum absolute atomic E-state index is 0.313. The van der Waals surface area contributed by atoms with Crippen LogP contribution < -0.4 is 5.32 Å². The smallest absolute Gasteiger partial charge is 0.106 e. The highest BCUT2D eigenvalue weighted by Crippen LogP contribution is 2.22. The first-order chi connectivity index (χ1) is 9.73. The second-order valence-corrected chi connectivity index (χ2v) is 6.39. The van der Waals surface area contributed by atoms with E-state index in [9.17, 15) is 5.26 Å². The van der Waals surface area contributed by atoms with Gasteiger partial charge in [-0.1, -0.05) is 13.3 Å². The van der Waals surface area contributed by atoms with Crippen LogP contribution in [0, 0.1) is 11.3 Å². The average Bonchev–Trinajstić information content (AvgIpc) is 2.52. The van der Waals surface area contributed by atoms with Gasteiger partial charge in [0.25, 0.3) is 0 Å². The van der Waals surface area contributed by atoms with E-state index in [1.165, 1.54) is 45.4 Å². The molecule has 2 aliphatic rings. The molecule has 2 saturated heterocycles. The Hall–Kier alpha value is -0.630. The number of nitrogens with zero attached hydrogens (tertiary/aromatic N) is 3. The zero-order chi connectivity index (χ0) is 14.4. The van der Waals surface area contributed by atoms with E-state index >= 15 is 0 Å². The lowest BCUT2D eigenvalue weighted by atomic mass is 9.92. The van der Waals surface area contributed by atoms with Gasteiger partial charge in [-0.25, -0.2) is 0 Å². The van der Waals surface area contributed by atoms with Crippen molar-refractivity contribution in [3.8, 4) is 6.07 Å². The van der Waals surface area contributed by atoms with Gasteiger partial charge in [0.2, 0.25) is 0 Å². The highest BCUT2D eigenvalue weighted by Gasteiger charge is 2.29. The summed E-state index contributed by atoms with van der Waals surface area (Å²) in [6.07, 6.45) is 7.14. The van der Waals surface area contributed by atoms with Gasteiger partial charge < -0.3 is 10.2 Å². The zero-order valence-electron chi connectivity index (χ0n) is 13.2. The van der Waals surface area contributed by atoms with Crippen LogP contribution in [0.4, 0.5) is 0 Å². The lowest BCUT2D eigenvalue weighted by molar-refractivity contribution is 0.0480. The van der Waals surface area contributed by atoms with E-state index in [1.807, 2.05) is 7.05 Å². The molecule has 2 unspecified atom stereocenters. The quantitative estimate of drug-likeness (QED) is 0.805. The molecule has 0 amide bonds. The predicted molar refractivity (Wildman–Crippen MR) is 82.6 cm³/mol. The molecule has 2 heterocycles. The van der Waals surface area contributed by atoms with Crippen molar-refractivity contribution in [2.45, 2.75) is 57.0 Å². The Morgan fingerprint density at radius 3 is 2.85 bits per heavy atom. The van der Waals surface area contributed by atoms with E-state index in [0.29, 0.717) is 0 Å². The predicted octanol–water partition coefficient (Wildman–Crippen LogP) is 1.83. The van der Waals surface area contributed by atoms with E-state index in [0.717, 1.165) is 31.8 Å². The Morgan fingerprint density at radius 1 is 1.30 bits per heavy atom. The summed E-state index contributed by atoms with van der Waals surface area (Å²) in [5.74, 6) is 0. The van der Waals surface area contributed by atoms with Gasteiger partial charge in [-0.05, 0) is 52.2 Å². The average molecular weight is 278 g/mol. The number of hydrogen-bond donors (Lipinski definition) is 1. The minimum Gasteiger partial charge on any atom is -0.302 e. The third-order valence-electron chi connectivity index (χ3n) is 5.30. The van der Waals surface area contributed by atoms with Crippen LogP contribution in [0.15, 0.2) is 0 Å². The van der Waals surface area contributed by atoms with Crippen molar-refractivity contribution in [2.75, 3.05) is 39.8 Å². The number of hydrogen-bond acceptors (Lipinski definition) is 4. The maximum atomic E-state index is 9.34. The summed E-state index contributed by atoms with van der Waals surface area (Å²) in [6.45, 7) is 8.25. The van der Waals surface area contributed by atoms with Crippen molar-refractivity contribution < 1.29 is 0 Å². The Balaban J connectivity index is 1.73. The van der Waals surface area contributed by atoms with Gasteiger partial charge in [-0.2, -0.15) is 5.26 Å². The van der Waals surface area contributed by atoms with Gasteiger partial charge in [0.15, 0.2) is 0 Å². The molecule has 0 aromatic heterocycles. The molecule has 0 radical (unpaired) electrons. The van der Waals surface area contributed by atoms with Crippen LogP contribution in [0.25, 0.3) is 0 Å². The summed E-state index contributed by atoms with van der Waals surface area (Å²) < 4.78 is 0. The topological polar surface area (TPSA) is 42.3 Å². The van der Waals surface area contributed by atoms with Crippen LogP contribution >= 0.6 is 0 Å². The molecule has 2 rings (SSSR count). The normalized spacial score (nSPS) is 27.6. The van der Waals surface area contributed by atoms with E-state index in [-0.39, 0.29) is 5.54 Å². The van der Waals surface area contributed by atoms with Crippen molar-refractivity contribution in [1.82, 2.24) is 15.1 Å². The van der Waals surface area contributed by atoms with Crippen molar-refractivity contribution in [3.63, 3.8) is 0 Å². The number of nitrogens with one attached hydrogen (secondary N) is 1. The van der Waals surface area contributed by atoms with Crippen LogP contribution in [0.1, 0.15) is 45.4 Å². The van der Waals surface area contributed by atoms with E-state index < -0.39 is 0 Å². The number of nitriles is 1. The van der Waals surface area contributed by atoms with Crippen molar-refractivity contribution in [2.24, 2.45) is 0 Å². The van der Waals surface area contributed by atoms with Gasteiger partial charge in [-0.3, -0.25) is 4.90 Å². The first-order valence-corrected chi connectivity index (χ1v) is 8.29. The van der Waals surface area contributed by atoms with Gasteiger partial charge in [-0.15, -0.1) is 0 Å². The van der Waals surface area contributed by atoms with Crippen LogP contribution in [-0.4, -0.2) is 61.2 Å². The molecule has 0 aromatic rings. The lowest BCUT2D eigenvalue weighted by Gasteiger charge is -2.44. The van der Waals surface area contributed by atoms with E-state index in [4.69, 9.17) is 0 Å². The fraction of sp³-hybridized carbons (Fsp3) is 0.938. The number of piperidine rings is 1. The molecule has 114 valence electrons. The third kappa shape index (κ3) is 3.72. The number of fused-ring (bicyclic) bond motifs is 1. The molecule has 4 heteroatoms. The summed E-state index contributed by atoms with van der Waals surface area (Å²) in [5.41, 5.74) is -0.313. The maximum Gasteiger partial charge on any atom is 0.106 e. The standard InChI is InChI=1S/C16H30N4/c1-3-16(14-17,18-2)8-6-9-19-11-12-20-10-5-4-7-15(20)13-19/h15,18H,3-13H2,1-2H3. The Labute approximate surface area is 124 Å². The fourth-order valence-corrected chi connectivity index (χ4v) is 3.70. The maximum absolute atomic E-state index is 9.34. The highest BCUT2D eigenvalue weighted by atomic mass is 15.3. The summed E-state index contributed by atoms with van der Waals surface area (Å²) in [5, 5.41) is 12.5. The summed E-state index contributed by atoms with van der Waals surface area (Å²) in [7, 11) is 1.91. The molecular weight excluding hydrogens is 248 g/mol. The first-order valence-electron chi connectivity index (χ1n) is 8.29. The molecule has 0 spiro atoms. The molecule has 2 atom stereocenters. The highest BCUT2D eigenvalue weighted by molar-refractivity contribution is 5.05. The molecule has 4 nitrogen and oxygen atoms in total. The van der Waals surface area contributed by atoms with Gasteiger partial charge >= 0.3 is 0 Å². The monoisotopic (exact) mass is 278 g/mol.